The summed E-state index contributed by atoms with van der Waals surface area (Å²) in [6.07, 6.45) is 2.32. The number of nitrogens with zero attached hydrogens (tertiary/aromatic N) is 3. The second kappa shape index (κ2) is 5.53. The second-order valence-electron chi connectivity index (χ2n) is 5.20. The summed E-state index contributed by atoms with van der Waals surface area (Å²) >= 11 is 0. The van der Waals surface area contributed by atoms with Crippen LogP contribution < -0.4 is 5.32 Å². The van der Waals surface area contributed by atoms with E-state index in [4.69, 9.17) is 0 Å². The first kappa shape index (κ1) is 12.4. The van der Waals surface area contributed by atoms with Gasteiger partial charge in [0.25, 0.3) is 0 Å². The van der Waals surface area contributed by atoms with Crippen molar-refractivity contribution in [3.05, 3.63) is 47.5 Å². The van der Waals surface area contributed by atoms with E-state index < -0.39 is 0 Å². The molecule has 0 saturated carbocycles. The Morgan fingerprint density at radius 2 is 1.89 bits per heavy atom. The van der Waals surface area contributed by atoms with Gasteiger partial charge in [0.2, 0.25) is 0 Å². The number of benzene rings is 1. The van der Waals surface area contributed by atoms with Crippen LogP contribution in [0.1, 0.15) is 36.0 Å². The summed E-state index contributed by atoms with van der Waals surface area (Å²) in [7, 11) is 0. The van der Waals surface area contributed by atoms with Gasteiger partial charge in [-0.15, -0.1) is 10.2 Å². The molecule has 0 aliphatic carbocycles. The molecule has 1 aromatic heterocycles. The molecule has 2 heterocycles. The van der Waals surface area contributed by atoms with Crippen molar-refractivity contribution in [2.75, 3.05) is 13.1 Å². The van der Waals surface area contributed by atoms with Crippen molar-refractivity contribution in [2.24, 2.45) is 0 Å². The summed E-state index contributed by atoms with van der Waals surface area (Å²) in [5, 5.41) is 12.1. The predicted octanol–water partition coefficient (Wildman–Crippen LogP) is 2.10. The molecule has 1 N–H and O–H groups in total. The van der Waals surface area contributed by atoms with E-state index in [1.54, 1.807) is 0 Å². The third-order valence-electron chi connectivity index (χ3n) is 3.85. The standard InChI is InChI=1S/C15H20N4/c1-12-17-18-15(14-7-9-16-10-8-14)19(12)11-13-5-3-2-4-6-13/h2-6,14,16H,7-11H2,1H3. The Bertz CT molecular complexity index is 526. The lowest BCUT2D eigenvalue weighted by atomic mass is 9.97. The lowest BCUT2D eigenvalue weighted by Crippen LogP contribution is -2.28. The van der Waals surface area contributed by atoms with Crippen molar-refractivity contribution >= 4 is 0 Å². The van der Waals surface area contributed by atoms with E-state index in [0.29, 0.717) is 5.92 Å². The van der Waals surface area contributed by atoms with E-state index >= 15 is 0 Å². The largest absolute Gasteiger partial charge is 0.317 e. The Kier molecular flexibility index (Phi) is 3.60. The van der Waals surface area contributed by atoms with Gasteiger partial charge in [0.15, 0.2) is 0 Å². The number of aryl methyl sites for hydroxylation is 1. The third kappa shape index (κ3) is 2.68. The van der Waals surface area contributed by atoms with Crippen LogP contribution in [-0.2, 0) is 6.54 Å². The van der Waals surface area contributed by atoms with E-state index in [2.05, 4.69) is 50.4 Å². The molecule has 1 aromatic carbocycles. The van der Waals surface area contributed by atoms with E-state index in [-0.39, 0.29) is 0 Å². The van der Waals surface area contributed by atoms with Gasteiger partial charge in [-0.25, -0.2) is 0 Å². The van der Waals surface area contributed by atoms with Crippen LogP contribution >= 0.6 is 0 Å². The quantitative estimate of drug-likeness (QED) is 0.914. The van der Waals surface area contributed by atoms with Crippen LogP contribution in [-0.4, -0.2) is 27.9 Å². The molecule has 0 atom stereocenters. The molecule has 0 bridgehead atoms. The topological polar surface area (TPSA) is 42.7 Å². The Morgan fingerprint density at radius 3 is 2.63 bits per heavy atom. The Hall–Kier alpha value is -1.68. The van der Waals surface area contributed by atoms with Crippen LogP contribution in [0, 0.1) is 6.92 Å². The fourth-order valence-corrected chi connectivity index (χ4v) is 2.74. The number of nitrogens with one attached hydrogen (secondary N) is 1. The molecule has 2 aromatic rings. The number of hydrogen-bond acceptors (Lipinski definition) is 3. The first-order valence-corrected chi connectivity index (χ1v) is 6.99. The van der Waals surface area contributed by atoms with Gasteiger partial charge >= 0.3 is 0 Å². The molecule has 1 fully saturated rings. The van der Waals surface area contributed by atoms with Crippen molar-refractivity contribution in [2.45, 2.75) is 32.2 Å². The zero-order valence-corrected chi connectivity index (χ0v) is 11.3. The molecule has 19 heavy (non-hydrogen) atoms. The smallest absolute Gasteiger partial charge is 0.136 e. The highest BCUT2D eigenvalue weighted by Crippen LogP contribution is 2.24. The maximum absolute atomic E-state index is 4.42. The SMILES string of the molecule is Cc1nnc(C2CCNCC2)n1Cc1ccccc1. The summed E-state index contributed by atoms with van der Waals surface area (Å²) in [4.78, 5) is 0. The molecule has 4 nitrogen and oxygen atoms in total. The van der Waals surface area contributed by atoms with Crippen LogP contribution in [0.25, 0.3) is 0 Å². The Balaban J connectivity index is 1.86. The number of hydrogen-bond donors (Lipinski definition) is 1. The molecule has 0 unspecified atom stereocenters. The predicted molar refractivity (Wildman–Crippen MR) is 75.1 cm³/mol. The van der Waals surface area contributed by atoms with Crippen molar-refractivity contribution in [1.82, 2.24) is 20.1 Å². The first-order valence-electron chi connectivity index (χ1n) is 6.99. The summed E-state index contributed by atoms with van der Waals surface area (Å²) in [5.74, 6) is 2.71. The number of rotatable bonds is 3. The van der Waals surface area contributed by atoms with Gasteiger partial charge in [-0.05, 0) is 38.4 Å². The van der Waals surface area contributed by atoms with Gasteiger partial charge in [0, 0.05) is 5.92 Å². The van der Waals surface area contributed by atoms with Gasteiger partial charge in [-0.3, -0.25) is 0 Å². The van der Waals surface area contributed by atoms with Crippen LogP contribution in [0.4, 0.5) is 0 Å². The van der Waals surface area contributed by atoms with E-state index in [0.717, 1.165) is 44.1 Å². The Morgan fingerprint density at radius 1 is 1.16 bits per heavy atom. The minimum atomic E-state index is 0.547. The molecular weight excluding hydrogens is 236 g/mol. The fourth-order valence-electron chi connectivity index (χ4n) is 2.74. The maximum Gasteiger partial charge on any atom is 0.136 e. The van der Waals surface area contributed by atoms with E-state index in [9.17, 15) is 0 Å². The third-order valence-corrected chi connectivity index (χ3v) is 3.85. The average Bonchev–Trinajstić information content (AvgIpc) is 2.82. The molecule has 100 valence electrons. The van der Waals surface area contributed by atoms with Gasteiger partial charge < -0.3 is 9.88 Å². The van der Waals surface area contributed by atoms with Crippen molar-refractivity contribution < 1.29 is 0 Å². The zero-order valence-electron chi connectivity index (χ0n) is 11.3. The monoisotopic (exact) mass is 256 g/mol. The lowest BCUT2D eigenvalue weighted by molar-refractivity contribution is 0.432. The summed E-state index contributed by atoms with van der Waals surface area (Å²) in [5.41, 5.74) is 1.31. The first-order chi connectivity index (χ1) is 9.34. The molecule has 1 aliphatic rings. The fraction of sp³-hybridized carbons (Fsp3) is 0.467. The highest BCUT2D eigenvalue weighted by molar-refractivity contribution is 5.17. The summed E-state index contributed by atoms with van der Waals surface area (Å²) in [6.45, 7) is 5.09. The van der Waals surface area contributed by atoms with Gasteiger partial charge in [0.1, 0.15) is 11.6 Å². The lowest BCUT2D eigenvalue weighted by Gasteiger charge is -2.22. The molecule has 1 aliphatic heterocycles. The van der Waals surface area contributed by atoms with Crippen molar-refractivity contribution in [1.29, 1.82) is 0 Å². The van der Waals surface area contributed by atoms with Gasteiger partial charge in [-0.2, -0.15) is 0 Å². The molecular formula is C15H20N4. The zero-order chi connectivity index (χ0) is 13.1. The van der Waals surface area contributed by atoms with E-state index in [1.165, 1.54) is 5.56 Å². The maximum atomic E-state index is 4.42. The van der Waals surface area contributed by atoms with Gasteiger partial charge in [-0.1, -0.05) is 30.3 Å². The molecule has 0 amide bonds. The highest BCUT2D eigenvalue weighted by atomic mass is 15.3. The van der Waals surface area contributed by atoms with Crippen molar-refractivity contribution in [3.63, 3.8) is 0 Å². The second-order valence-corrected chi connectivity index (χ2v) is 5.20. The molecule has 0 radical (unpaired) electrons. The number of piperidine rings is 1. The van der Waals surface area contributed by atoms with Crippen LogP contribution in [0.3, 0.4) is 0 Å². The minimum Gasteiger partial charge on any atom is -0.317 e. The van der Waals surface area contributed by atoms with Crippen LogP contribution in [0.5, 0.6) is 0 Å². The van der Waals surface area contributed by atoms with Crippen LogP contribution in [0.15, 0.2) is 30.3 Å². The highest BCUT2D eigenvalue weighted by Gasteiger charge is 2.21. The average molecular weight is 256 g/mol. The molecule has 4 heteroatoms. The van der Waals surface area contributed by atoms with E-state index in [1.807, 2.05) is 6.92 Å². The summed E-state index contributed by atoms with van der Waals surface area (Å²) < 4.78 is 2.27. The minimum absolute atomic E-state index is 0.547. The van der Waals surface area contributed by atoms with Gasteiger partial charge in [0.05, 0.1) is 6.54 Å². The molecule has 0 spiro atoms. The van der Waals surface area contributed by atoms with Crippen LogP contribution in [0.2, 0.25) is 0 Å². The molecule has 3 rings (SSSR count). The summed E-state index contributed by atoms with van der Waals surface area (Å²) in [6, 6.07) is 10.5. The number of aromatic nitrogens is 3. The van der Waals surface area contributed by atoms with Crippen molar-refractivity contribution in [3.8, 4) is 0 Å². The normalized spacial score (nSPS) is 16.7. The molecule has 1 saturated heterocycles. The Labute approximate surface area is 113 Å².